The van der Waals surface area contributed by atoms with Crippen LogP contribution in [0.25, 0.3) is 11.1 Å². The first-order chi connectivity index (χ1) is 12.8. The Morgan fingerprint density at radius 3 is 2.85 bits per heavy atom. The number of furan rings is 1. The summed E-state index contributed by atoms with van der Waals surface area (Å²) in [6.45, 7) is 1.49. The molecule has 1 unspecified atom stereocenters. The van der Waals surface area contributed by atoms with E-state index in [-0.39, 0.29) is 17.4 Å². The van der Waals surface area contributed by atoms with Gasteiger partial charge in [0.2, 0.25) is 0 Å². The van der Waals surface area contributed by atoms with Crippen molar-refractivity contribution in [1.29, 1.82) is 0 Å². The lowest BCUT2D eigenvalue weighted by atomic mass is 9.74. The van der Waals surface area contributed by atoms with Crippen LogP contribution >= 0.6 is 0 Å². The summed E-state index contributed by atoms with van der Waals surface area (Å²) in [5.74, 6) is 0.126. The maximum atomic E-state index is 12.9. The van der Waals surface area contributed by atoms with Crippen molar-refractivity contribution in [2.45, 2.75) is 25.3 Å². The van der Waals surface area contributed by atoms with Crippen LogP contribution in [0.5, 0.6) is 0 Å². The number of amides is 1. The molecule has 1 atom stereocenters. The van der Waals surface area contributed by atoms with Crippen molar-refractivity contribution in [1.82, 2.24) is 10.3 Å². The van der Waals surface area contributed by atoms with Crippen LogP contribution in [-0.2, 0) is 11.2 Å². The van der Waals surface area contributed by atoms with E-state index in [4.69, 9.17) is 9.15 Å². The molecule has 1 spiro atoms. The van der Waals surface area contributed by atoms with E-state index >= 15 is 0 Å². The van der Waals surface area contributed by atoms with E-state index in [1.165, 1.54) is 11.1 Å². The molecule has 1 N–H and O–H groups in total. The lowest BCUT2D eigenvalue weighted by molar-refractivity contribution is 0.000366. The Hall–Kier alpha value is -2.66. The molecule has 1 saturated heterocycles. The Morgan fingerprint density at radius 1 is 1.15 bits per heavy atom. The van der Waals surface area contributed by atoms with Crippen LogP contribution in [0.15, 0.2) is 53.1 Å². The van der Waals surface area contributed by atoms with Crippen molar-refractivity contribution in [3.8, 4) is 0 Å². The normalized spacial score (nSPS) is 21.0. The van der Waals surface area contributed by atoms with Gasteiger partial charge in [-0.3, -0.25) is 9.78 Å². The number of nitrogens with one attached hydrogen (secondary N) is 1. The molecule has 3 aromatic rings. The minimum absolute atomic E-state index is 0.0173. The number of ether oxygens (including phenoxy) is 1. The number of fused-ring (bicyclic) bond motifs is 2. The van der Waals surface area contributed by atoms with Crippen molar-refractivity contribution >= 4 is 17.0 Å². The Kier molecular flexibility index (Phi) is 3.57. The fourth-order valence-electron chi connectivity index (χ4n) is 4.45. The van der Waals surface area contributed by atoms with Crippen molar-refractivity contribution in [3.05, 3.63) is 65.5 Å². The van der Waals surface area contributed by atoms with Crippen molar-refractivity contribution in [2.24, 2.45) is 5.41 Å². The summed E-state index contributed by atoms with van der Waals surface area (Å²) in [6, 6.07) is 13.7. The van der Waals surface area contributed by atoms with E-state index in [1.54, 1.807) is 18.3 Å². The molecule has 1 amide bonds. The van der Waals surface area contributed by atoms with Crippen LogP contribution in [0.3, 0.4) is 0 Å². The quantitative estimate of drug-likeness (QED) is 0.768. The maximum absolute atomic E-state index is 12.9. The third-order valence-corrected chi connectivity index (χ3v) is 5.80. The molecule has 2 aliphatic rings. The van der Waals surface area contributed by atoms with Crippen molar-refractivity contribution < 1.29 is 13.9 Å². The highest BCUT2D eigenvalue weighted by molar-refractivity contribution is 5.95. The van der Waals surface area contributed by atoms with Crippen LogP contribution in [0, 0.1) is 5.41 Å². The summed E-state index contributed by atoms with van der Waals surface area (Å²) in [5.41, 5.74) is 3.90. The zero-order chi connectivity index (χ0) is 17.6. The first-order valence-electron chi connectivity index (χ1n) is 9.06. The average Bonchev–Trinajstić information content (AvgIpc) is 3.23. The van der Waals surface area contributed by atoms with E-state index in [9.17, 15) is 4.79 Å². The minimum atomic E-state index is -0.185. The van der Waals surface area contributed by atoms with E-state index < -0.39 is 0 Å². The largest absolute Gasteiger partial charge is 0.449 e. The summed E-state index contributed by atoms with van der Waals surface area (Å²) < 4.78 is 11.3. The molecule has 0 saturated carbocycles. The minimum Gasteiger partial charge on any atom is -0.449 e. The van der Waals surface area contributed by atoms with E-state index in [2.05, 4.69) is 28.5 Å². The lowest BCUT2D eigenvalue weighted by Crippen LogP contribution is -2.42. The van der Waals surface area contributed by atoms with Crippen molar-refractivity contribution in [3.63, 3.8) is 0 Å². The van der Waals surface area contributed by atoms with Crippen LogP contribution in [0.1, 0.15) is 40.6 Å². The van der Waals surface area contributed by atoms with Gasteiger partial charge in [0.1, 0.15) is 5.52 Å². The van der Waals surface area contributed by atoms with E-state index in [0.717, 1.165) is 32.5 Å². The van der Waals surface area contributed by atoms with Gasteiger partial charge in [0.25, 0.3) is 5.91 Å². The standard InChI is InChI=1S/C21H20N2O3/c24-20(18-12-16-17(26-18)6-3-9-22-16)23-19-15-5-2-1-4-14(15)13-21(19)7-10-25-11-8-21/h1-6,9,12,19H,7-8,10-11,13H2,(H,23,24). The van der Waals surface area contributed by atoms with Crippen LogP contribution in [0.2, 0.25) is 0 Å². The van der Waals surface area contributed by atoms with Gasteiger partial charge in [-0.2, -0.15) is 0 Å². The van der Waals surface area contributed by atoms with E-state index in [0.29, 0.717) is 16.9 Å². The second-order valence-corrected chi connectivity index (χ2v) is 7.25. The number of pyridine rings is 1. The van der Waals surface area contributed by atoms with Crippen LogP contribution < -0.4 is 5.32 Å². The molecule has 1 aliphatic heterocycles. The summed E-state index contributed by atoms with van der Waals surface area (Å²) >= 11 is 0. The smallest absolute Gasteiger partial charge is 0.287 e. The first-order valence-corrected chi connectivity index (χ1v) is 9.06. The molecule has 1 aliphatic carbocycles. The Bertz CT molecular complexity index is 939. The third-order valence-electron chi connectivity index (χ3n) is 5.80. The summed E-state index contributed by atoms with van der Waals surface area (Å²) in [4.78, 5) is 17.2. The number of nitrogens with zero attached hydrogens (tertiary/aromatic N) is 1. The molecule has 5 heteroatoms. The van der Waals surface area contributed by atoms with Crippen molar-refractivity contribution in [2.75, 3.05) is 13.2 Å². The van der Waals surface area contributed by atoms with Crippen LogP contribution in [-0.4, -0.2) is 24.1 Å². The number of hydrogen-bond donors (Lipinski definition) is 1. The summed E-state index contributed by atoms with van der Waals surface area (Å²) in [6.07, 6.45) is 4.59. The molecule has 5 nitrogen and oxygen atoms in total. The molecule has 5 rings (SSSR count). The molecule has 0 bridgehead atoms. The highest BCUT2D eigenvalue weighted by Crippen LogP contribution is 2.51. The monoisotopic (exact) mass is 348 g/mol. The fourth-order valence-corrected chi connectivity index (χ4v) is 4.45. The highest BCUT2D eigenvalue weighted by atomic mass is 16.5. The molecule has 2 aromatic heterocycles. The number of aromatic nitrogens is 1. The Morgan fingerprint density at radius 2 is 2.00 bits per heavy atom. The third kappa shape index (κ3) is 2.42. The SMILES string of the molecule is O=C(NC1c2ccccc2CC12CCOCC2)c1cc2ncccc2o1. The first kappa shape index (κ1) is 15.6. The van der Waals surface area contributed by atoms with Gasteiger partial charge in [0, 0.05) is 30.9 Å². The predicted octanol–water partition coefficient (Wildman–Crippen LogP) is 3.65. The molecule has 3 heterocycles. The molecule has 26 heavy (non-hydrogen) atoms. The fraction of sp³-hybridized carbons (Fsp3) is 0.333. The van der Waals surface area contributed by atoms with Gasteiger partial charge in [0.05, 0.1) is 6.04 Å². The summed E-state index contributed by atoms with van der Waals surface area (Å²) in [5, 5.41) is 3.26. The molecule has 132 valence electrons. The molecule has 0 radical (unpaired) electrons. The van der Waals surface area contributed by atoms with Gasteiger partial charge < -0.3 is 14.5 Å². The van der Waals surface area contributed by atoms with Gasteiger partial charge in [-0.1, -0.05) is 24.3 Å². The van der Waals surface area contributed by atoms with Gasteiger partial charge in [-0.15, -0.1) is 0 Å². The second-order valence-electron chi connectivity index (χ2n) is 7.25. The van der Waals surface area contributed by atoms with Gasteiger partial charge >= 0.3 is 0 Å². The lowest BCUT2D eigenvalue weighted by Gasteiger charge is -2.39. The van der Waals surface area contributed by atoms with Gasteiger partial charge in [-0.25, -0.2) is 0 Å². The Labute approximate surface area is 151 Å². The number of rotatable bonds is 2. The van der Waals surface area contributed by atoms with Gasteiger partial charge in [0.15, 0.2) is 11.3 Å². The highest BCUT2D eigenvalue weighted by Gasteiger charge is 2.47. The molecule has 1 fully saturated rings. The van der Waals surface area contributed by atoms with E-state index in [1.807, 2.05) is 12.1 Å². The molecular weight excluding hydrogens is 328 g/mol. The number of hydrogen-bond acceptors (Lipinski definition) is 4. The predicted molar refractivity (Wildman–Crippen MR) is 96.8 cm³/mol. The van der Waals surface area contributed by atoms with Crippen LogP contribution in [0.4, 0.5) is 0 Å². The number of benzene rings is 1. The average molecular weight is 348 g/mol. The maximum Gasteiger partial charge on any atom is 0.287 e. The topological polar surface area (TPSA) is 64.4 Å². The second kappa shape index (κ2) is 5.95. The molecule has 1 aromatic carbocycles. The number of carbonyl (C=O) groups is 1. The zero-order valence-corrected chi connectivity index (χ0v) is 14.4. The van der Waals surface area contributed by atoms with Gasteiger partial charge in [-0.05, 0) is 42.5 Å². The number of carbonyl (C=O) groups excluding carboxylic acids is 1. The summed E-state index contributed by atoms with van der Waals surface area (Å²) in [7, 11) is 0. The zero-order valence-electron chi connectivity index (χ0n) is 14.4. The Balaban J connectivity index is 1.49. The molecular formula is C21H20N2O3.